The second-order valence-corrected chi connectivity index (χ2v) is 6.42. The van der Waals surface area contributed by atoms with Gasteiger partial charge in [0.15, 0.2) is 0 Å². The molecule has 1 heterocycles. The third kappa shape index (κ3) is 4.83. The van der Waals surface area contributed by atoms with Gasteiger partial charge in [-0.1, -0.05) is 60.7 Å². The Labute approximate surface area is 150 Å². The summed E-state index contributed by atoms with van der Waals surface area (Å²) in [6, 6.07) is 20.1. The first-order valence-electron chi connectivity index (χ1n) is 8.34. The van der Waals surface area contributed by atoms with Crippen LogP contribution in [0.2, 0.25) is 0 Å². The van der Waals surface area contributed by atoms with Crippen molar-refractivity contribution in [3.63, 3.8) is 0 Å². The Morgan fingerprint density at radius 1 is 1.04 bits per heavy atom. The van der Waals surface area contributed by atoms with Crippen LogP contribution in [0.1, 0.15) is 17.5 Å². The Bertz CT molecular complexity index is 633. The summed E-state index contributed by atoms with van der Waals surface area (Å²) < 4.78 is 0. The third-order valence-corrected chi connectivity index (χ3v) is 4.58. The van der Waals surface area contributed by atoms with Gasteiger partial charge in [-0.15, -0.1) is 12.4 Å². The summed E-state index contributed by atoms with van der Waals surface area (Å²) in [6.07, 6.45) is 2.72. The fraction of sp³-hybridized carbons (Fsp3) is 0.350. The van der Waals surface area contributed by atoms with Crippen LogP contribution in [0.15, 0.2) is 60.7 Å². The Morgan fingerprint density at radius 2 is 1.62 bits per heavy atom. The van der Waals surface area contributed by atoms with Gasteiger partial charge in [0.05, 0.1) is 6.04 Å². The first-order chi connectivity index (χ1) is 11.2. The largest absolute Gasteiger partial charge is 0.341 e. The molecular weight excluding hydrogens is 320 g/mol. The molecule has 0 saturated carbocycles. The van der Waals surface area contributed by atoms with Crippen molar-refractivity contribution in [2.45, 2.75) is 25.3 Å². The predicted octanol–water partition coefficient (Wildman–Crippen LogP) is 3.07. The lowest BCUT2D eigenvalue weighted by atomic mass is 9.99. The average molecular weight is 345 g/mol. The van der Waals surface area contributed by atoms with E-state index in [4.69, 9.17) is 5.73 Å². The van der Waals surface area contributed by atoms with Crippen LogP contribution in [0.25, 0.3) is 0 Å². The molecule has 3 nitrogen and oxygen atoms in total. The number of likely N-dealkylation sites (tertiary alicyclic amines) is 1. The smallest absolute Gasteiger partial charge is 0.239 e. The van der Waals surface area contributed by atoms with Gasteiger partial charge in [0, 0.05) is 13.1 Å². The molecule has 1 amide bonds. The molecule has 1 aliphatic heterocycles. The number of benzene rings is 2. The van der Waals surface area contributed by atoms with E-state index in [2.05, 4.69) is 24.3 Å². The molecule has 0 aliphatic carbocycles. The number of amides is 1. The number of hydrogen-bond donors (Lipinski definition) is 1. The van der Waals surface area contributed by atoms with E-state index < -0.39 is 6.04 Å². The first-order valence-corrected chi connectivity index (χ1v) is 8.34. The standard InChI is InChI=1S/C20H24N2O.ClH/c21-19(14-17-9-5-2-6-10-17)20(23)22-12-11-18(15-22)13-16-7-3-1-4-8-16;/h1-10,18-19H,11-15,21H2;1H/t18?,19-;/m0./s1. The summed E-state index contributed by atoms with van der Waals surface area (Å²) in [5.41, 5.74) is 8.60. The molecule has 128 valence electrons. The van der Waals surface area contributed by atoms with Crippen LogP contribution in [0, 0.1) is 5.92 Å². The van der Waals surface area contributed by atoms with Gasteiger partial charge in [0.2, 0.25) is 5.91 Å². The molecule has 1 saturated heterocycles. The van der Waals surface area contributed by atoms with Crippen molar-refractivity contribution in [2.75, 3.05) is 13.1 Å². The highest BCUT2D eigenvalue weighted by Crippen LogP contribution is 2.21. The normalized spacial score (nSPS) is 18.0. The number of hydrogen-bond acceptors (Lipinski definition) is 2. The van der Waals surface area contributed by atoms with E-state index in [1.54, 1.807) is 0 Å². The van der Waals surface area contributed by atoms with Crippen molar-refractivity contribution in [1.82, 2.24) is 4.90 Å². The molecule has 1 unspecified atom stereocenters. The Balaban J connectivity index is 0.00000208. The zero-order valence-electron chi connectivity index (χ0n) is 13.8. The summed E-state index contributed by atoms with van der Waals surface area (Å²) in [6.45, 7) is 1.66. The third-order valence-electron chi connectivity index (χ3n) is 4.58. The van der Waals surface area contributed by atoms with Crippen LogP contribution in [0.3, 0.4) is 0 Å². The lowest BCUT2D eigenvalue weighted by Crippen LogP contribution is -2.44. The van der Waals surface area contributed by atoms with Crippen LogP contribution < -0.4 is 5.73 Å². The zero-order chi connectivity index (χ0) is 16.1. The molecule has 0 radical (unpaired) electrons. The van der Waals surface area contributed by atoms with E-state index in [1.165, 1.54) is 5.56 Å². The molecular formula is C20H25ClN2O. The van der Waals surface area contributed by atoms with Gasteiger partial charge in [-0.3, -0.25) is 4.79 Å². The average Bonchev–Trinajstić information content (AvgIpc) is 3.04. The highest BCUT2D eigenvalue weighted by atomic mass is 35.5. The Morgan fingerprint density at radius 3 is 2.25 bits per heavy atom. The Hall–Kier alpha value is -1.84. The minimum absolute atomic E-state index is 0. The van der Waals surface area contributed by atoms with Crippen LogP contribution in [0.4, 0.5) is 0 Å². The molecule has 2 aromatic carbocycles. The molecule has 0 aromatic heterocycles. The van der Waals surface area contributed by atoms with Crippen molar-refractivity contribution in [3.05, 3.63) is 71.8 Å². The van der Waals surface area contributed by atoms with Gasteiger partial charge in [-0.25, -0.2) is 0 Å². The van der Waals surface area contributed by atoms with Gasteiger partial charge < -0.3 is 10.6 Å². The van der Waals surface area contributed by atoms with Gasteiger partial charge in [0.1, 0.15) is 0 Å². The second-order valence-electron chi connectivity index (χ2n) is 6.42. The van der Waals surface area contributed by atoms with E-state index in [0.29, 0.717) is 12.3 Å². The monoisotopic (exact) mass is 344 g/mol. The molecule has 2 N–H and O–H groups in total. The van der Waals surface area contributed by atoms with Crippen molar-refractivity contribution in [3.8, 4) is 0 Å². The maximum absolute atomic E-state index is 12.5. The molecule has 0 spiro atoms. The minimum Gasteiger partial charge on any atom is -0.341 e. The lowest BCUT2D eigenvalue weighted by molar-refractivity contribution is -0.131. The molecule has 2 atom stereocenters. The van der Waals surface area contributed by atoms with Gasteiger partial charge in [0.25, 0.3) is 0 Å². The topological polar surface area (TPSA) is 46.3 Å². The summed E-state index contributed by atoms with van der Waals surface area (Å²) in [5, 5.41) is 0. The zero-order valence-corrected chi connectivity index (χ0v) is 14.6. The van der Waals surface area contributed by atoms with Gasteiger partial charge in [-0.05, 0) is 36.3 Å². The van der Waals surface area contributed by atoms with E-state index in [-0.39, 0.29) is 18.3 Å². The van der Waals surface area contributed by atoms with Crippen molar-refractivity contribution in [2.24, 2.45) is 11.7 Å². The van der Waals surface area contributed by atoms with E-state index in [1.807, 2.05) is 41.3 Å². The summed E-state index contributed by atoms with van der Waals surface area (Å²) in [7, 11) is 0. The Kier molecular flexibility index (Phi) is 6.83. The molecule has 1 fully saturated rings. The molecule has 3 rings (SSSR count). The highest BCUT2D eigenvalue weighted by molar-refractivity contribution is 5.85. The summed E-state index contributed by atoms with van der Waals surface area (Å²) in [5.74, 6) is 0.634. The van der Waals surface area contributed by atoms with Crippen LogP contribution in [-0.2, 0) is 17.6 Å². The van der Waals surface area contributed by atoms with E-state index in [0.717, 1.165) is 31.5 Å². The molecule has 2 aromatic rings. The number of halogens is 1. The molecule has 1 aliphatic rings. The maximum atomic E-state index is 12.5. The van der Waals surface area contributed by atoms with Gasteiger partial charge in [-0.2, -0.15) is 0 Å². The van der Waals surface area contributed by atoms with E-state index in [9.17, 15) is 4.79 Å². The molecule has 0 bridgehead atoms. The minimum atomic E-state index is -0.437. The fourth-order valence-corrected chi connectivity index (χ4v) is 3.34. The van der Waals surface area contributed by atoms with Gasteiger partial charge >= 0.3 is 0 Å². The maximum Gasteiger partial charge on any atom is 0.239 e. The first kappa shape index (κ1) is 18.5. The number of carbonyl (C=O) groups is 1. The predicted molar refractivity (Wildman–Crippen MR) is 100 cm³/mol. The van der Waals surface area contributed by atoms with Crippen molar-refractivity contribution in [1.29, 1.82) is 0 Å². The van der Waals surface area contributed by atoms with E-state index >= 15 is 0 Å². The quantitative estimate of drug-likeness (QED) is 0.906. The molecule has 4 heteroatoms. The number of nitrogens with two attached hydrogens (primary N) is 1. The van der Waals surface area contributed by atoms with Crippen LogP contribution in [0.5, 0.6) is 0 Å². The SMILES string of the molecule is Cl.N[C@@H](Cc1ccccc1)C(=O)N1CCC(Cc2ccccc2)C1. The number of rotatable bonds is 5. The molecule has 24 heavy (non-hydrogen) atoms. The fourth-order valence-electron chi connectivity index (χ4n) is 3.34. The van der Waals surface area contributed by atoms with Crippen molar-refractivity contribution >= 4 is 18.3 Å². The number of nitrogens with zero attached hydrogens (tertiary/aromatic N) is 1. The van der Waals surface area contributed by atoms with Crippen LogP contribution >= 0.6 is 12.4 Å². The second kappa shape index (κ2) is 8.86. The number of carbonyl (C=O) groups excluding carboxylic acids is 1. The lowest BCUT2D eigenvalue weighted by Gasteiger charge is -2.21. The van der Waals surface area contributed by atoms with Crippen molar-refractivity contribution < 1.29 is 4.79 Å². The highest BCUT2D eigenvalue weighted by Gasteiger charge is 2.29. The summed E-state index contributed by atoms with van der Waals surface area (Å²) in [4.78, 5) is 14.5. The van der Waals surface area contributed by atoms with Crippen LogP contribution in [-0.4, -0.2) is 29.9 Å². The summed E-state index contributed by atoms with van der Waals surface area (Å²) >= 11 is 0.